The molecule has 0 aliphatic carbocycles. The Kier molecular flexibility index (Phi) is 6.87. The molecule has 3 rings (SSSR count). The van der Waals surface area contributed by atoms with Gasteiger partial charge in [-0.25, -0.2) is 0 Å². The number of hydrogen-bond donors (Lipinski definition) is 2. The van der Waals surface area contributed by atoms with Gasteiger partial charge >= 0.3 is 0 Å². The molecule has 1 aromatic carbocycles. The lowest BCUT2D eigenvalue weighted by Gasteiger charge is -2.33. The average Bonchev–Trinajstić information content (AvgIpc) is 3.18. The summed E-state index contributed by atoms with van der Waals surface area (Å²) < 4.78 is 6.83. The molecule has 0 spiro atoms. The van der Waals surface area contributed by atoms with Crippen LogP contribution >= 0.6 is 0 Å². The van der Waals surface area contributed by atoms with Crippen LogP contribution in [0, 0.1) is 5.92 Å². The third-order valence-corrected chi connectivity index (χ3v) is 5.40. The van der Waals surface area contributed by atoms with Crippen molar-refractivity contribution < 1.29 is 14.3 Å². The molecule has 1 saturated heterocycles. The molecule has 0 bridgehead atoms. The van der Waals surface area contributed by atoms with E-state index in [1.807, 2.05) is 42.4 Å². The molecule has 0 saturated carbocycles. The molecule has 8 heteroatoms. The molecule has 1 aliphatic rings. The van der Waals surface area contributed by atoms with Gasteiger partial charge in [0.15, 0.2) is 0 Å². The van der Waals surface area contributed by atoms with Crippen molar-refractivity contribution in [1.29, 1.82) is 0 Å². The van der Waals surface area contributed by atoms with Crippen LogP contribution < -0.4 is 15.4 Å². The van der Waals surface area contributed by atoms with Crippen molar-refractivity contribution in [1.82, 2.24) is 25.3 Å². The molecule has 0 radical (unpaired) electrons. The molecule has 8 nitrogen and oxygen atoms in total. The molecule has 1 aromatic heterocycles. The number of hydrogen-bond acceptors (Lipinski definition) is 5. The van der Waals surface area contributed by atoms with E-state index in [0.717, 1.165) is 16.9 Å². The van der Waals surface area contributed by atoms with Gasteiger partial charge in [-0.1, -0.05) is 12.1 Å². The Balaban J connectivity index is 1.48. The van der Waals surface area contributed by atoms with Gasteiger partial charge in [-0.05, 0) is 37.6 Å². The number of nitrogens with one attached hydrogen (secondary N) is 2. The molecular weight excluding hydrogens is 370 g/mol. The number of benzene rings is 1. The molecule has 29 heavy (non-hydrogen) atoms. The first-order valence-corrected chi connectivity index (χ1v) is 9.87. The standard InChI is InChI=1S/C21H29N5O3/c1-22-19(17-13-24-25(2)14-17)21(28)26-10-8-16(9-11-26)20(27)23-12-15-4-6-18(29-3)7-5-15/h4-7,13-14,16,19,22H,8-12H2,1-3H3,(H,23,27). The predicted octanol–water partition coefficient (Wildman–Crippen LogP) is 1.24. The minimum Gasteiger partial charge on any atom is -0.497 e. The van der Waals surface area contributed by atoms with Crippen LogP contribution in [0.15, 0.2) is 36.7 Å². The number of carbonyl (C=O) groups excluding carboxylic acids is 2. The lowest BCUT2D eigenvalue weighted by atomic mass is 9.95. The smallest absolute Gasteiger partial charge is 0.244 e. The van der Waals surface area contributed by atoms with Crippen molar-refractivity contribution in [2.24, 2.45) is 13.0 Å². The van der Waals surface area contributed by atoms with Gasteiger partial charge in [0.2, 0.25) is 11.8 Å². The van der Waals surface area contributed by atoms with E-state index in [1.165, 1.54) is 0 Å². The fourth-order valence-corrected chi connectivity index (χ4v) is 3.64. The molecule has 1 aliphatic heterocycles. The fourth-order valence-electron chi connectivity index (χ4n) is 3.64. The van der Waals surface area contributed by atoms with Gasteiger partial charge in [0.05, 0.1) is 13.3 Å². The zero-order valence-corrected chi connectivity index (χ0v) is 17.2. The Morgan fingerprint density at radius 1 is 1.24 bits per heavy atom. The lowest BCUT2D eigenvalue weighted by molar-refractivity contribution is -0.137. The number of aromatic nitrogens is 2. The third-order valence-electron chi connectivity index (χ3n) is 5.40. The first kappa shape index (κ1) is 20.9. The van der Waals surface area contributed by atoms with Crippen LogP contribution in [0.2, 0.25) is 0 Å². The average molecular weight is 399 g/mol. The first-order chi connectivity index (χ1) is 14.0. The summed E-state index contributed by atoms with van der Waals surface area (Å²) in [6, 6.07) is 7.23. The van der Waals surface area contributed by atoms with E-state index in [-0.39, 0.29) is 17.7 Å². The quantitative estimate of drug-likeness (QED) is 0.731. The van der Waals surface area contributed by atoms with E-state index in [1.54, 1.807) is 25.0 Å². The number of carbonyl (C=O) groups is 2. The van der Waals surface area contributed by atoms with E-state index in [2.05, 4.69) is 15.7 Å². The van der Waals surface area contributed by atoms with E-state index in [4.69, 9.17) is 4.74 Å². The van der Waals surface area contributed by atoms with Gasteiger partial charge in [0, 0.05) is 44.4 Å². The molecule has 2 aromatic rings. The zero-order chi connectivity index (χ0) is 20.8. The van der Waals surface area contributed by atoms with Crippen LogP contribution in [0.1, 0.15) is 30.0 Å². The topological polar surface area (TPSA) is 88.5 Å². The largest absolute Gasteiger partial charge is 0.497 e. The van der Waals surface area contributed by atoms with Gasteiger partial charge < -0.3 is 20.3 Å². The summed E-state index contributed by atoms with van der Waals surface area (Å²) >= 11 is 0. The SMILES string of the molecule is CNC(C(=O)N1CCC(C(=O)NCc2ccc(OC)cc2)CC1)c1cnn(C)c1. The maximum absolute atomic E-state index is 12.9. The number of likely N-dealkylation sites (N-methyl/N-ethyl adjacent to an activating group) is 1. The molecule has 1 atom stereocenters. The number of amides is 2. The highest BCUT2D eigenvalue weighted by atomic mass is 16.5. The molecule has 2 heterocycles. The number of rotatable bonds is 7. The summed E-state index contributed by atoms with van der Waals surface area (Å²) in [4.78, 5) is 27.3. The summed E-state index contributed by atoms with van der Waals surface area (Å²) in [5.41, 5.74) is 1.87. The summed E-state index contributed by atoms with van der Waals surface area (Å²) in [7, 11) is 5.23. The summed E-state index contributed by atoms with van der Waals surface area (Å²) in [5, 5.41) is 10.2. The number of piperidine rings is 1. The minimum atomic E-state index is -0.413. The van der Waals surface area contributed by atoms with Crippen molar-refractivity contribution >= 4 is 11.8 Å². The molecule has 1 fully saturated rings. The van der Waals surface area contributed by atoms with Crippen LogP contribution in [-0.4, -0.2) is 53.7 Å². The second kappa shape index (κ2) is 9.56. The number of aryl methyl sites for hydroxylation is 1. The van der Waals surface area contributed by atoms with Crippen LogP contribution in [0.5, 0.6) is 5.75 Å². The summed E-state index contributed by atoms with van der Waals surface area (Å²) in [5.74, 6) is 0.801. The summed E-state index contributed by atoms with van der Waals surface area (Å²) in [6.07, 6.45) is 4.89. The normalized spacial score (nSPS) is 15.8. The van der Waals surface area contributed by atoms with Gasteiger partial charge in [-0.2, -0.15) is 5.10 Å². The predicted molar refractivity (Wildman–Crippen MR) is 109 cm³/mol. The van der Waals surface area contributed by atoms with Gasteiger partial charge in [-0.3, -0.25) is 14.3 Å². The Hall–Kier alpha value is -2.87. The fraction of sp³-hybridized carbons (Fsp3) is 0.476. The molecule has 2 N–H and O–H groups in total. The van der Waals surface area contributed by atoms with Crippen molar-refractivity contribution in [2.45, 2.75) is 25.4 Å². The van der Waals surface area contributed by atoms with E-state index < -0.39 is 6.04 Å². The van der Waals surface area contributed by atoms with Gasteiger partial charge in [0.1, 0.15) is 11.8 Å². The van der Waals surface area contributed by atoms with Crippen LogP contribution in [-0.2, 0) is 23.2 Å². The number of likely N-dealkylation sites (tertiary alicyclic amines) is 1. The number of nitrogens with zero attached hydrogens (tertiary/aromatic N) is 3. The highest BCUT2D eigenvalue weighted by Gasteiger charge is 2.31. The number of methoxy groups -OCH3 is 1. The Labute approximate surface area is 171 Å². The van der Waals surface area contributed by atoms with Crippen LogP contribution in [0.4, 0.5) is 0 Å². The highest BCUT2D eigenvalue weighted by molar-refractivity contribution is 5.84. The van der Waals surface area contributed by atoms with E-state index >= 15 is 0 Å². The second-order valence-electron chi connectivity index (χ2n) is 7.33. The highest BCUT2D eigenvalue weighted by Crippen LogP contribution is 2.22. The minimum absolute atomic E-state index is 0.0255. The first-order valence-electron chi connectivity index (χ1n) is 9.87. The van der Waals surface area contributed by atoms with Crippen molar-refractivity contribution in [3.8, 4) is 5.75 Å². The van der Waals surface area contributed by atoms with Gasteiger partial charge in [-0.15, -0.1) is 0 Å². The Bertz CT molecular complexity index is 825. The molecule has 2 amide bonds. The van der Waals surface area contributed by atoms with Gasteiger partial charge in [0.25, 0.3) is 0 Å². The molecule has 1 unspecified atom stereocenters. The zero-order valence-electron chi connectivity index (χ0n) is 17.2. The monoisotopic (exact) mass is 399 g/mol. The third kappa shape index (κ3) is 5.14. The summed E-state index contributed by atoms with van der Waals surface area (Å²) in [6.45, 7) is 1.65. The van der Waals surface area contributed by atoms with Crippen molar-refractivity contribution in [3.63, 3.8) is 0 Å². The van der Waals surface area contributed by atoms with Crippen molar-refractivity contribution in [3.05, 3.63) is 47.8 Å². The molecular formula is C21H29N5O3. The van der Waals surface area contributed by atoms with E-state index in [0.29, 0.717) is 32.5 Å². The number of ether oxygens (including phenoxy) is 1. The molecule has 156 valence electrons. The van der Waals surface area contributed by atoms with E-state index in [9.17, 15) is 9.59 Å². The van der Waals surface area contributed by atoms with Crippen molar-refractivity contribution in [2.75, 3.05) is 27.2 Å². The second-order valence-corrected chi connectivity index (χ2v) is 7.33. The Morgan fingerprint density at radius 3 is 2.48 bits per heavy atom. The van der Waals surface area contributed by atoms with Crippen LogP contribution in [0.3, 0.4) is 0 Å². The Morgan fingerprint density at radius 2 is 1.93 bits per heavy atom. The lowest BCUT2D eigenvalue weighted by Crippen LogP contribution is -2.46. The maximum Gasteiger partial charge on any atom is 0.244 e. The maximum atomic E-state index is 12.9. The van der Waals surface area contributed by atoms with Crippen LogP contribution in [0.25, 0.3) is 0 Å².